The van der Waals surface area contributed by atoms with E-state index >= 15 is 0 Å². The molecule has 0 aliphatic rings. The molecule has 0 aliphatic carbocycles. The summed E-state index contributed by atoms with van der Waals surface area (Å²) in [6.45, 7) is 0.137. The summed E-state index contributed by atoms with van der Waals surface area (Å²) < 4.78 is 71.6. The van der Waals surface area contributed by atoms with Gasteiger partial charge in [0, 0.05) is 18.9 Å². The van der Waals surface area contributed by atoms with Gasteiger partial charge >= 0.3 is 6.18 Å². The maximum Gasteiger partial charge on any atom is 0.420 e. The molecule has 1 N–H and O–H groups in total. The van der Waals surface area contributed by atoms with Crippen molar-refractivity contribution in [1.82, 2.24) is 10.3 Å². The fraction of sp³-hybridized carbons (Fsp3) is 0.130. The molecule has 0 bridgehead atoms. The first-order valence-electron chi connectivity index (χ1n) is 9.81. The van der Waals surface area contributed by atoms with Crippen LogP contribution in [-0.4, -0.2) is 26.4 Å². The Morgan fingerprint density at radius 3 is 2.50 bits per heavy atom. The van der Waals surface area contributed by atoms with Crippen molar-refractivity contribution in [3.05, 3.63) is 83.0 Å². The number of nitrogens with one attached hydrogen (secondary N) is 1. The standard InChI is InChI=1S/C23H17F3N2O4S2/c1-32-21-17(23(24,25)26)3-2-4-20(21)34(30,31)16-7-5-14(6-8-16)12-28-22(29)18-11-15-9-10-27-13-19(15)33-18/h2-11,13H,12H2,1H3,(H,28,29). The number of hydrogen-bond acceptors (Lipinski definition) is 6. The Morgan fingerprint density at radius 1 is 1.12 bits per heavy atom. The number of aromatic nitrogens is 1. The smallest absolute Gasteiger partial charge is 0.420 e. The first kappa shape index (κ1) is 23.7. The first-order chi connectivity index (χ1) is 16.1. The molecule has 4 rings (SSSR count). The van der Waals surface area contributed by atoms with Gasteiger partial charge in [0.1, 0.15) is 10.6 Å². The number of pyridine rings is 1. The second kappa shape index (κ2) is 9.07. The van der Waals surface area contributed by atoms with E-state index in [1.807, 2.05) is 0 Å². The minimum absolute atomic E-state index is 0.137. The average molecular weight is 507 g/mol. The lowest BCUT2D eigenvalue weighted by molar-refractivity contribution is -0.139. The lowest BCUT2D eigenvalue weighted by atomic mass is 10.2. The lowest BCUT2D eigenvalue weighted by Gasteiger charge is -2.16. The van der Waals surface area contributed by atoms with Crippen LogP contribution < -0.4 is 10.1 Å². The van der Waals surface area contributed by atoms with Crippen molar-refractivity contribution in [2.24, 2.45) is 0 Å². The Hall–Kier alpha value is -3.44. The molecule has 4 aromatic rings. The molecule has 0 radical (unpaired) electrons. The molecule has 2 aromatic heterocycles. The Kier molecular flexibility index (Phi) is 6.32. The van der Waals surface area contributed by atoms with E-state index in [1.54, 1.807) is 24.5 Å². The maximum absolute atomic E-state index is 13.3. The van der Waals surface area contributed by atoms with Crippen molar-refractivity contribution in [1.29, 1.82) is 0 Å². The molecule has 0 saturated carbocycles. The molecule has 0 atom stereocenters. The van der Waals surface area contributed by atoms with Crippen molar-refractivity contribution >= 4 is 37.2 Å². The number of nitrogens with zero attached hydrogens (tertiary/aromatic N) is 1. The zero-order valence-electron chi connectivity index (χ0n) is 17.6. The lowest BCUT2D eigenvalue weighted by Crippen LogP contribution is -2.21. The van der Waals surface area contributed by atoms with Crippen LogP contribution in [0.4, 0.5) is 13.2 Å². The molecule has 0 spiro atoms. The van der Waals surface area contributed by atoms with Crippen LogP contribution in [0.2, 0.25) is 0 Å². The number of benzene rings is 2. The Morgan fingerprint density at radius 2 is 1.85 bits per heavy atom. The minimum Gasteiger partial charge on any atom is -0.495 e. The number of para-hydroxylation sites is 1. The van der Waals surface area contributed by atoms with Gasteiger partial charge in [0.2, 0.25) is 9.84 Å². The van der Waals surface area contributed by atoms with E-state index in [0.717, 1.165) is 35.4 Å². The fourth-order valence-corrected chi connectivity index (χ4v) is 5.73. The van der Waals surface area contributed by atoms with E-state index in [-0.39, 0.29) is 17.3 Å². The number of rotatable bonds is 6. The quantitative estimate of drug-likeness (QED) is 0.394. The minimum atomic E-state index is -4.77. The summed E-state index contributed by atoms with van der Waals surface area (Å²) in [5.41, 5.74) is -0.557. The monoisotopic (exact) mass is 506 g/mol. The molecule has 2 heterocycles. The number of methoxy groups -OCH3 is 1. The molecule has 1 amide bonds. The summed E-state index contributed by atoms with van der Waals surface area (Å²) in [6.07, 6.45) is -1.46. The number of thiophene rings is 1. The summed E-state index contributed by atoms with van der Waals surface area (Å²) in [6, 6.07) is 11.9. The summed E-state index contributed by atoms with van der Waals surface area (Å²) in [7, 11) is -3.30. The predicted octanol–water partition coefficient (Wildman–Crippen LogP) is 5.09. The molecule has 6 nitrogen and oxygen atoms in total. The van der Waals surface area contributed by atoms with Crippen LogP contribution in [0.1, 0.15) is 20.8 Å². The highest BCUT2D eigenvalue weighted by molar-refractivity contribution is 7.91. The van der Waals surface area contributed by atoms with E-state index in [9.17, 15) is 26.4 Å². The molecule has 0 unspecified atom stereocenters. The first-order valence-corrected chi connectivity index (χ1v) is 12.1. The van der Waals surface area contributed by atoms with E-state index in [2.05, 4.69) is 10.3 Å². The number of carbonyl (C=O) groups is 1. The third-order valence-electron chi connectivity index (χ3n) is 5.01. The topological polar surface area (TPSA) is 85.4 Å². The number of fused-ring (bicyclic) bond motifs is 1. The van der Waals surface area contributed by atoms with Crippen LogP contribution in [0.15, 0.2) is 76.8 Å². The van der Waals surface area contributed by atoms with Gasteiger partial charge < -0.3 is 10.1 Å². The molecule has 0 aliphatic heterocycles. The molecule has 176 valence electrons. The largest absolute Gasteiger partial charge is 0.495 e. The molecule has 34 heavy (non-hydrogen) atoms. The number of amides is 1. The Bertz CT molecular complexity index is 1430. The van der Waals surface area contributed by atoms with Gasteiger partial charge in [0.25, 0.3) is 5.91 Å². The van der Waals surface area contributed by atoms with Crippen molar-refractivity contribution < 1.29 is 31.1 Å². The third-order valence-corrected chi connectivity index (χ3v) is 7.89. The van der Waals surface area contributed by atoms with Gasteiger partial charge in [-0.2, -0.15) is 13.2 Å². The van der Waals surface area contributed by atoms with Crippen LogP contribution in [-0.2, 0) is 22.6 Å². The van der Waals surface area contributed by atoms with Crippen molar-refractivity contribution in [3.8, 4) is 5.75 Å². The van der Waals surface area contributed by atoms with Gasteiger partial charge in [-0.05, 0) is 47.3 Å². The molecule has 0 saturated heterocycles. The van der Waals surface area contributed by atoms with Gasteiger partial charge in [0.05, 0.1) is 27.1 Å². The number of hydrogen-bond donors (Lipinski definition) is 1. The van der Waals surface area contributed by atoms with Crippen molar-refractivity contribution in [3.63, 3.8) is 0 Å². The highest BCUT2D eigenvalue weighted by Crippen LogP contribution is 2.41. The Labute approximate surface area is 196 Å². The van der Waals surface area contributed by atoms with Crippen LogP contribution in [0, 0.1) is 0 Å². The van der Waals surface area contributed by atoms with Gasteiger partial charge in [-0.3, -0.25) is 9.78 Å². The second-order valence-electron chi connectivity index (χ2n) is 7.19. The number of alkyl halides is 3. The SMILES string of the molecule is COc1c(C(F)(F)F)cccc1S(=O)(=O)c1ccc(CNC(=O)c2cc3ccncc3s2)cc1. The highest BCUT2D eigenvalue weighted by atomic mass is 32.2. The average Bonchev–Trinajstić information content (AvgIpc) is 3.26. The second-order valence-corrected chi connectivity index (χ2v) is 10.2. The number of ether oxygens (including phenoxy) is 1. The fourth-order valence-electron chi connectivity index (χ4n) is 3.34. The molecule has 0 fully saturated rings. The predicted molar refractivity (Wildman–Crippen MR) is 121 cm³/mol. The molecule has 2 aromatic carbocycles. The van der Waals surface area contributed by atoms with E-state index in [4.69, 9.17) is 4.74 Å². The summed E-state index contributed by atoms with van der Waals surface area (Å²) in [5, 5.41) is 3.67. The van der Waals surface area contributed by atoms with E-state index in [1.165, 1.54) is 35.6 Å². The van der Waals surface area contributed by atoms with Crippen LogP contribution in [0.25, 0.3) is 10.1 Å². The molecule has 11 heteroatoms. The highest BCUT2D eigenvalue weighted by Gasteiger charge is 2.37. The summed E-state index contributed by atoms with van der Waals surface area (Å²) in [5.74, 6) is -1.04. The number of sulfone groups is 1. The summed E-state index contributed by atoms with van der Waals surface area (Å²) in [4.78, 5) is 16.2. The van der Waals surface area contributed by atoms with Gasteiger partial charge in [-0.15, -0.1) is 11.3 Å². The molecular formula is C23H17F3N2O4S2. The van der Waals surface area contributed by atoms with Crippen LogP contribution in [0.3, 0.4) is 0 Å². The van der Waals surface area contributed by atoms with Gasteiger partial charge in [0.15, 0.2) is 0 Å². The zero-order chi connectivity index (χ0) is 24.5. The maximum atomic E-state index is 13.3. The Balaban J connectivity index is 1.52. The summed E-state index contributed by atoms with van der Waals surface area (Å²) >= 11 is 1.30. The zero-order valence-corrected chi connectivity index (χ0v) is 19.2. The van der Waals surface area contributed by atoms with Crippen LogP contribution in [0.5, 0.6) is 5.75 Å². The third kappa shape index (κ3) is 4.62. The number of carbonyl (C=O) groups excluding carboxylic acids is 1. The van der Waals surface area contributed by atoms with Gasteiger partial charge in [-0.25, -0.2) is 8.42 Å². The van der Waals surface area contributed by atoms with E-state index in [0.29, 0.717) is 10.4 Å². The number of halogens is 3. The van der Waals surface area contributed by atoms with Crippen molar-refractivity contribution in [2.75, 3.05) is 7.11 Å². The van der Waals surface area contributed by atoms with Gasteiger partial charge in [-0.1, -0.05) is 18.2 Å². The normalized spacial score (nSPS) is 12.0. The van der Waals surface area contributed by atoms with E-state index < -0.39 is 32.2 Å². The molecular weight excluding hydrogens is 489 g/mol. The van der Waals surface area contributed by atoms with Crippen molar-refractivity contribution in [2.45, 2.75) is 22.5 Å². The van der Waals surface area contributed by atoms with Crippen LogP contribution >= 0.6 is 11.3 Å².